The van der Waals surface area contributed by atoms with Crippen molar-refractivity contribution in [1.82, 2.24) is 0 Å². The molecule has 34 heavy (non-hydrogen) atoms. The van der Waals surface area contributed by atoms with Gasteiger partial charge in [0.1, 0.15) is 6.10 Å². The number of hydrogen-bond acceptors (Lipinski definition) is 4. The van der Waals surface area contributed by atoms with E-state index in [-0.39, 0.29) is 23.6 Å². The molecule has 0 aliphatic heterocycles. The van der Waals surface area contributed by atoms with Crippen molar-refractivity contribution >= 4 is 5.97 Å². The summed E-state index contributed by atoms with van der Waals surface area (Å²) in [6.45, 7) is 9.89. The van der Waals surface area contributed by atoms with Crippen molar-refractivity contribution in [3.63, 3.8) is 0 Å². The second-order valence-electron chi connectivity index (χ2n) is 11.5. The summed E-state index contributed by atoms with van der Waals surface area (Å²) in [4.78, 5) is 12.6. The summed E-state index contributed by atoms with van der Waals surface area (Å²) in [7, 11) is 0. The Morgan fingerprint density at radius 3 is 2.50 bits per heavy atom. The second-order valence-corrected chi connectivity index (χ2v) is 11.5. The Bertz CT molecular complexity index is 906. The van der Waals surface area contributed by atoms with Gasteiger partial charge in [-0.3, -0.25) is 0 Å². The van der Waals surface area contributed by atoms with Gasteiger partial charge >= 0.3 is 5.97 Å². The zero-order chi connectivity index (χ0) is 24.5. The van der Waals surface area contributed by atoms with Gasteiger partial charge in [0.05, 0.1) is 17.9 Å². The summed E-state index contributed by atoms with van der Waals surface area (Å²) in [6, 6.07) is 9.37. The third-order valence-corrected chi connectivity index (χ3v) is 10.00. The number of carbonyl (C=O) groups excluding carboxylic acids is 1. The van der Waals surface area contributed by atoms with E-state index in [0.717, 1.165) is 43.3 Å². The average Bonchev–Trinajstić information content (AvgIpc) is 3.18. The standard InChI is InChI=1S/C28H38O3.C2H4O/c1-18(29)23-11-12-24-22-10-9-20-17-21(31-26(30)19-7-5-4-6-8-19)13-15-27(20,2)25(22)14-16-28(23,24)3;1-2-3/h4-9,18,21-25,29H,10-17H2,1-3H3;2-3H,1H2/t18?,21-,22?,23+,24?,25?,27-,28+;/m0./s1. The Balaban J connectivity index is 0.000000868. The molecule has 2 N–H and O–H groups in total. The fourth-order valence-electron chi connectivity index (χ4n) is 8.35. The molecule has 0 amide bonds. The molecular formula is C30H42O4. The third-order valence-electron chi connectivity index (χ3n) is 10.00. The van der Waals surface area contributed by atoms with E-state index in [9.17, 15) is 9.90 Å². The smallest absolute Gasteiger partial charge is 0.338 e. The molecule has 1 aromatic rings. The maximum absolute atomic E-state index is 12.6. The minimum absolute atomic E-state index is 0.00327. The summed E-state index contributed by atoms with van der Waals surface area (Å²) in [5.74, 6) is 2.51. The van der Waals surface area contributed by atoms with Crippen molar-refractivity contribution in [3.05, 3.63) is 60.4 Å². The number of hydrogen-bond donors (Lipinski definition) is 2. The summed E-state index contributed by atoms with van der Waals surface area (Å²) in [5, 5.41) is 17.8. The molecule has 4 aliphatic rings. The maximum Gasteiger partial charge on any atom is 0.338 e. The van der Waals surface area contributed by atoms with Crippen LogP contribution in [0.25, 0.3) is 0 Å². The molecule has 3 fully saturated rings. The van der Waals surface area contributed by atoms with Crippen molar-refractivity contribution in [2.45, 2.75) is 84.3 Å². The quantitative estimate of drug-likeness (QED) is 0.290. The van der Waals surface area contributed by atoms with Gasteiger partial charge < -0.3 is 14.9 Å². The van der Waals surface area contributed by atoms with Crippen LogP contribution in [0.2, 0.25) is 0 Å². The number of esters is 1. The van der Waals surface area contributed by atoms with Crippen LogP contribution in [0.1, 0.15) is 82.5 Å². The molecular weight excluding hydrogens is 424 g/mol. The van der Waals surface area contributed by atoms with Crippen LogP contribution in [0, 0.1) is 34.5 Å². The molecule has 0 bridgehead atoms. The fourth-order valence-corrected chi connectivity index (χ4v) is 8.35. The molecule has 4 aliphatic carbocycles. The van der Waals surface area contributed by atoms with Gasteiger partial charge in [-0.1, -0.05) is 50.3 Å². The van der Waals surface area contributed by atoms with Crippen molar-refractivity contribution < 1.29 is 19.7 Å². The Hall–Kier alpha value is -2.07. The van der Waals surface area contributed by atoms with E-state index >= 15 is 0 Å². The first-order valence-corrected chi connectivity index (χ1v) is 13.1. The molecule has 3 saturated carbocycles. The Kier molecular flexibility index (Phi) is 7.28. The van der Waals surface area contributed by atoms with Gasteiger partial charge in [-0.2, -0.15) is 0 Å². The summed E-state index contributed by atoms with van der Waals surface area (Å²) in [6.07, 6.45) is 12.2. The van der Waals surface area contributed by atoms with E-state index in [4.69, 9.17) is 9.84 Å². The third kappa shape index (κ3) is 4.34. The van der Waals surface area contributed by atoms with Crippen LogP contribution in [0.4, 0.5) is 0 Å². The molecule has 0 spiro atoms. The van der Waals surface area contributed by atoms with Crippen LogP contribution in [-0.2, 0) is 4.74 Å². The number of carbonyl (C=O) groups is 1. The number of benzene rings is 1. The zero-order valence-corrected chi connectivity index (χ0v) is 21.1. The normalized spacial score (nSPS) is 39.2. The predicted octanol–water partition coefficient (Wildman–Crippen LogP) is 6.86. The lowest BCUT2D eigenvalue weighted by Gasteiger charge is -2.58. The SMILES string of the molecule is C=CO.CC(O)[C@H]1CCC2C3CC=C4C[C@@H](OC(=O)c5ccccc5)CC[C@]4(C)C3CC[C@@]21C. The highest BCUT2D eigenvalue weighted by atomic mass is 16.5. The van der Waals surface area contributed by atoms with Crippen molar-refractivity contribution in [2.75, 3.05) is 0 Å². The van der Waals surface area contributed by atoms with E-state index in [2.05, 4.69) is 26.5 Å². The van der Waals surface area contributed by atoms with E-state index in [1.54, 1.807) is 5.57 Å². The van der Waals surface area contributed by atoms with E-state index in [1.165, 1.54) is 32.1 Å². The van der Waals surface area contributed by atoms with Gasteiger partial charge in [-0.25, -0.2) is 4.79 Å². The molecule has 1 aromatic carbocycles. The van der Waals surface area contributed by atoms with Gasteiger partial charge in [0.25, 0.3) is 0 Å². The first kappa shape index (κ1) is 25.0. The molecule has 4 heteroatoms. The number of fused-ring (bicyclic) bond motifs is 5. The number of allylic oxidation sites excluding steroid dienone is 1. The van der Waals surface area contributed by atoms with Crippen molar-refractivity contribution in [3.8, 4) is 0 Å². The summed E-state index contributed by atoms with van der Waals surface area (Å²) in [5.41, 5.74) is 2.75. The Morgan fingerprint density at radius 2 is 1.82 bits per heavy atom. The molecule has 8 atom stereocenters. The van der Waals surface area contributed by atoms with Gasteiger partial charge in [0, 0.05) is 6.42 Å². The highest BCUT2D eigenvalue weighted by Crippen LogP contribution is 2.66. The summed E-state index contributed by atoms with van der Waals surface area (Å²) >= 11 is 0. The minimum Gasteiger partial charge on any atom is -0.516 e. The summed E-state index contributed by atoms with van der Waals surface area (Å²) < 4.78 is 5.93. The van der Waals surface area contributed by atoms with Crippen LogP contribution in [-0.4, -0.2) is 28.4 Å². The van der Waals surface area contributed by atoms with E-state index < -0.39 is 0 Å². The van der Waals surface area contributed by atoms with Gasteiger partial charge in [0.15, 0.2) is 0 Å². The van der Waals surface area contributed by atoms with Gasteiger partial charge in [-0.05, 0) is 98.5 Å². The Labute approximate surface area is 205 Å². The van der Waals surface area contributed by atoms with Crippen molar-refractivity contribution in [1.29, 1.82) is 0 Å². The first-order chi connectivity index (χ1) is 16.2. The molecule has 0 saturated heterocycles. The zero-order valence-electron chi connectivity index (χ0n) is 21.1. The Morgan fingerprint density at radius 1 is 1.12 bits per heavy atom. The molecule has 0 aromatic heterocycles. The van der Waals surface area contributed by atoms with Crippen LogP contribution in [0.5, 0.6) is 0 Å². The number of aliphatic hydroxyl groups excluding tert-OH is 2. The van der Waals surface area contributed by atoms with Gasteiger partial charge in [0.2, 0.25) is 0 Å². The molecule has 4 unspecified atom stereocenters. The molecule has 0 heterocycles. The van der Waals surface area contributed by atoms with E-state index in [1.807, 2.05) is 37.3 Å². The lowest BCUT2D eigenvalue weighted by atomic mass is 9.47. The number of aliphatic hydroxyl groups is 2. The minimum atomic E-state index is -0.188. The monoisotopic (exact) mass is 466 g/mol. The van der Waals surface area contributed by atoms with Crippen LogP contribution < -0.4 is 0 Å². The first-order valence-electron chi connectivity index (χ1n) is 13.1. The highest BCUT2D eigenvalue weighted by molar-refractivity contribution is 5.89. The topological polar surface area (TPSA) is 66.8 Å². The number of ether oxygens (including phenoxy) is 1. The lowest BCUT2D eigenvalue weighted by Crippen LogP contribution is -2.51. The van der Waals surface area contributed by atoms with Crippen LogP contribution >= 0.6 is 0 Å². The van der Waals surface area contributed by atoms with Crippen molar-refractivity contribution in [2.24, 2.45) is 34.5 Å². The van der Waals surface area contributed by atoms with E-state index in [0.29, 0.717) is 16.9 Å². The molecule has 0 radical (unpaired) electrons. The molecule has 186 valence electrons. The van der Waals surface area contributed by atoms with Gasteiger partial charge in [-0.15, -0.1) is 0 Å². The van der Waals surface area contributed by atoms with Crippen LogP contribution in [0.15, 0.2) is 54.8 Å². The molecule has 4 nitrogen and oxygen atoms in total. The fraction of sp³-hybridized carbons (Fsp3) is 0.633. The molecule has 5 rings (SSSR count). The average molecular weight is 467 g/mol. The largest absolute Gasteiger partial charge is 0.516 e. The van der Waals surface area contributed by atoms with Crippen LogP contribution in [0.3, 0.4) is 0 Å². The number of rotatable bonds is 3. The second kappa shape index (κ2) is 9.89. The maximum atomic E-state index is 12.6. The lowest BCUT2D eigenvalue weighted by molar-refractivity contribution is -0.0689. The highest BCUT2D eigenvalue weighted by Gasteiger charge is 2.59. The predicted molar refractivity (Wildman–Crippen MR) is 135 cm³/mol.